The summed E-state index contributed by atoms with van der Waals surface area (Å²) < 4.78 is 0. The van der Waals surface area contributed by atoms with Crippen molar-refractivity contribution in [3.8, 4) is 0 Å². The minimum Gasteiger partial charge on any atom is -0.370 e. The van der Waals surface area contributed by atoms with Crippen molar-refractivity contribution < 1.29 is 9.59 Å². The van der Waals surface area contributed by atoms with Gasteiger partial charge in [0.15, 0.2) is 0 Å². The topological polar surface area (TPSA) is 99.5 Å². The summed E-state index contributed by atoms with van der Waals surface area (Å²) in [5, 5.41) is 3.01. The number of rotatable bonds is 5. The maximum atomic E-state index is 12.9. The first kappa shape index (κ1) is 20.1. The first-order valence-corrected chi connectivity index (χ1v) is 10.4. The van der Waals surface area contributed by atoms with Crippen LogP contribution in [-0.2, 0) is 4.79 Å². The Balaban J connectivity index is 1.82. The number of nitrogens with two attached hydrogens (primary N) is 1. The zero-order valence-corrected chi connectivity index (χ0v) is 17.4. The molecule has 0 saturated carbocycles. The Morgan fingerprint density at radius 3 is 2.52 bits per heavy atom. The van der Waals surface area contributed by atoms with Crippen molar-refractivity contribution in [1.82, 2.24) is 10.9 Å². The maximum absolute atomic E-state index is 12.9. The smallest absolute Gasteiger partial charge is 0.248 e. The Labute approximate surface area is 168 Å². The summed E-state index contributed by atoms with van der Waals surface area (Å²) in [6.07, 6.45) is 3.47. The number of hydrogen-bond donors (Lipinski definition) is 4. The number of piperidine rings is 1. The summed E-state index contributed by atoms with van der Waals surface area (Å²) in [5.41, 5.74) is 13.7. The van der Waals surface area contributed by atoms with Crippen LogP contribution in [-0.4, -0.2) is 41.8 Å². The van der Waals surface area contributed by atoms with Crippen LogP contribution in [0.15, 0.2) is 18.2 Å². The highest BCUT2D eigenvalue weighted by atomic mass is 79.9. The lowest BCUT2D eigenvalue weighted by Crippen LogP contribution is -2.43. The molecule has 1 aromatic rings. The number of anilines is 2. The number of nitrogens with zero attached hydrogens (tertiary/aromatic N) is 1. The first-order valence-electron chi connectivity index (χ1n) is 9.53. The fourth-order valence-corrected chi connectivity index (χ4v) is 4.82. The number of hydrazine groups is 1. The molecule has 2 saturated heterocycles. The standard InChI is InChI=1S/C19H28BrN5O2/c1-11(2)16-15(20)17(24-23-16)19(27)22-13-10-12(18(21)26)6-7-14(13)25-8-4-3-5-9-25/h6-7,10-11,15-17,23-24H,3-5,8-9H2,1-2H3,(H2,21,26)(H,22,27). The summed E-state index contributed by atoms with van der Waals surface area (Å²) in [7, 11) is 0. The number of halogens is 1. The van der Waals surface area contributed by atoms with Gasteiger partial charge in [-0.05, 0) is 43.4 Å². The van der Waals surface area contributed by atoms with Crippen LogP contribution < -0.4 is 26.8 Å². The molecule has 2 heterocycles. The summed E-state index contributed by atoms with van der Waals surface area (Å²) >= 11 is 3.65. The predicted octanol–water partition coefficient (Wildman–Crippen LogP) is 1.98. The Morgan fingerprint density at radius 2 is 1.93 bits per heavy atom. The molecule has 27 heavy (non-hydrogen) atoms. The fraction of sp³-hybridized carbons (Fsp3) is 0.579. The SMILES string of the molecule is CC(C)C1NNC(C(=O)Nc2cc(C(N)=O)ccc2N2CCCCC2)C1Br. The van der Waals surface area contributed by atoms with Crippen LogP contribution in [0.25, 0.3) is 0 Å². The van der Waals surface area contributed by atoms with Crippen LogP contribution >= 0.6 is 15.9 Å². The van der Waals surface area contributed by atoms with Gasteiger partial charge in [0.1, 0.15) is 6.04 Å². The van der Waals surface area contributed by atoms with Crippen molar-refractivity contribution in [3.63, 3.8) is 0 Å². The predicted molar refractivity (Wildman–Crippen MR) is 111 cm³/mol. The van der Waals surface area contributed by atoms with Crippen molar-refractivity contribution in [3.05, 3.63) is 23.8 Å². The second kappa shape index (κ2) is 8.58. The van der Waals surface area contributed by atoms with Gasteiger partial charge in [-0.15, -0.1) is 0 Å². The van der Waals surface area contributed by atoms with Gasteiger partial charge in [-0.2, -0.15) is 0 Å². The lowest BCUT2D eigenvalue weighted by atomic mass is 9.99. The highest BCUT2D eigenvalue weighted by Crippen LogP contribution is 2.31. The number of alkyl halides is 1. The van der Waals surface area contributed by atoms with Gasteiger partial charge < -0.3 is 16.0 Å². The molecule has 8 heteroatoms. The highest BCUT2D eigenvalue weighted by molar-refractivity contribution is 9.09. The highest BCUT2D eigenvalue weighted by Gasteiger charge is 2.40. The lowest BCUT2D eigenvalue weighted by molar-refractivity contribution is -0.117. The number of carbonyl (C=O) groups is 2. The van der Waals surface area contributed by atoms with E-state index in [1.54, 1.807) is 12.1 Å². The Hall–Kier alpha value is -1.64. The molecule has 0 bridgehead atoms. The van der Waals surface area contributed by atoms with Gasteiger partial charge >= 0.3 is 0 Å². The summed E-state index contributed by atoms with van der Waals surface area (Å²) in [6.45, 7) is 6.11. The minimum absolute atomic E-state index is 0.0322. The molecule has 0 spiro atoms. The molecule has 148 valence electrons. The van der Waals surface area contributed by atoms with Gasteiger partial charge in [-0.25, -0.2) is 5.43 Å². The van der Waals surface area contributed by atoms with E-state index in [2.05, 4.69) is 50.8 Å². The van der Waals surface area contributed by atoms with Gasteiger partial charge in [0.25, 0.3) is 0 Å². The third-order valence-corrected chi connectivity index (χ3v) is 6.40. The molecule has 0 aromatic heterocycles. The van der Waals surface area contributed by atoms with E-state index in [1.807, 2.05) is 6.07 Å². The molecule has 0 aliphatic carbocycles. The van der Waals surface area contributed by atoms with Crippen molar-refractivity contribution in [2.45, 2.75) is 50.0 Å². The average Bonchev–Trinajstić information content (AvgIpc) is 3.04. The van der Waals surface area contributed by atoms with E-state index in [0.717, 1.165) is 31.6 Å². The number of hydrogen-bond acceptors (Lipinski definition) is 5. The lowest BCUT2D eigenvalue weighted by Gasteiger charge is -2.31. The third kappa shape index (κ3) is 4.44. The third-order valence-electron chi connectivity index (χ3n) is 5.30. The quantitative estimate of drug-likeness (QED) is 0.527. The number of benzene rings is 1. The normalized spacial score (nSPS) is 25.6. The molecule has 3 atom stereocenters. The van der Waals surface area contributed by atoms with Crippen LogP contribution in [0, 0.1) is 5.92 Å². The summed E-state index contributed by atoms with van der Waals surface area (Å²) in [6, 6.07) is 5.02. The van der Waals surface area contributed by atoms with Gasteiger partial charge in [0, 0.05) is 24.7 Å². The molecular formula is C19H28BrN5O2. The molecule has 2 amide bonds. The average molecular weight is 438 g/mol. The number of nitrogens with one attached hydrogen (secondary N) is 3. The van der Waals surface area contributed by atoms with Crippen LogP contribution in [0.5, 0.6) is 0 Å². The molecule has 3 rings (SSSR count). The van der Waals surface area contributed by atoms with Crippen molar-refractivity contribution in [2.24, 2.45) is 11.7 Å². The molecule has 3 unspecified atom stereocenters. The van der Waals surface area contributed by atoms with Gasteiger partial charge in [-0.3, -0.25) is 15.0 Å². The molecule has 5 N–H and O–H groups in total. The Bertz CT molecular complexity index is 705. The van der Waals surface area contributed by atoms with E-state index >= 15 is 0 Å². The summed E-state index contributed by atoms with van der Waals surface area (Å²) in [4.78, 5) is 26.8. The molecule has 7 nitrogen and oxygen atoms in total. The second-order valence-corrected chi connectivity index (χ2v) is 8.67. The van der Waals surface area contributed by atoms with E-state index < -0.39 is 11.9 Å². The summed E-state index contributed by atoms with van der Waals surface area (Å²) in [5.74, 6) is -0.274. The zero-order chi connectivity index (χ0) is 19.6. The number of carbonyl (C=O) groups excluding carboxylic acids is 2. The van der Waals surface area contributed by atoms with Crippen LogP contribution in [0.2, 0.25) is 0 Å². The van der Waals surface area contributed by atoms with E-state index in [-0.39, 0.29) is 16.8 Å². The van der Waals surface area contributed by atoms with Crippen LogP contribution in [0.1, 0.15) is 43.5 Å². The van der Waals surface area contributed by atoms with E-state index in [4.69, 9.17) is 5.73 Å². The molecule has 2 aliphatic heterocycles. The monoisotopic (exact) mass is 437 g/mol. The number of amides is 2. The molecule has 2 fully saturated rings. The molecule has 2 aliphatic rings. The van der Waals surface area contributed by atoms with Crippen LogP contribution in [0.4, 0.5) is 11.4 Å². The molecular weight excluding hydrogens is 410 g/mol. The fourth-order valence-electron chi connectivity index (χ4n) is 3.71. The van der Waals surface area contributed by atoms with Gasteiger partial charge in [0.2, 0.25) is 11.8 Å². The largest absolute Gasteiger partial charge is 0.370 e. The molecule has 1 aromatic carbocycles. The van der Waals surface area contributed by atoms with E-state index in [0.29, 0.717) is 17.2 Å². The van der Waals surface area contributed by atoms with Crippen LogP contribution in [0.3, 0.4) is 0 Å². The maximum Gasteiger partial charge on any atom is 0.248 e. The van der Waals surface area contributed by atoms with Gasteiger partial charge in [-0.1, -0.05) is 29.8 Å². The minimum atomic E-state index is -0.505. The second-order valence-electron chi connectivity index (χ2n) is 7.61. The Morgan fingerprint density at radius 1 is 1.22 bits per heavy atom. The van der Waals surface area contributed by atoms with E-state index in [1.165, 1.54) is 6.42 Å². The molecule has 0 radical (unpaired) electrons. The van der Waals surface area contributed by atoms with Crippen molar-refractivity contribution in [1.29, 1.82) is 0 Å². The van der Waals surface area contributed by atoms with Crippen molar-refractivity contribution in [2.75, 3.05) is 23.3 Å². The van der Waals surface area contributed by atoms with E-state index in [9.17, 15) is 9.59 Å². The van der Waals surface area contributed by atoms with Crippen molar-refractivity contribution >= 4 is 39.1 Å². The first-order chi connectivity index (χ1) is 12.9. The zero-order valence-electron chi connectivity index (χ0n) is 15.8. The number of primary amides is 1. The Kier molecular flexibility index (Phi) is 6.39. The van der Waals surface area contributed by atoms with Gasteiger partial charge in [0.05, 0.1) is 16.2 Å².